The molecule has 1 aromatic heterocycles. The Kier molecular flexibility index (Phi) is 2.49. The third kappa shape index (κ3) is 1.72. The summed E-state index contributed by atoms with van der Waals surface area (Å²) in [5.41, 5.74) is 4.39. The second-order valence-corrected chi connectivity index (χ2v) is 4.38. The second-order valence-electron chi connectivity index (χ2n) is 4.38. The summed E-state index contributed by atoms with van der Waals surface area (Å²) in [6.07, 6.45) is 1.83. The van der Waals surface area contributed by atoms with Gasteiger partial charge in [-0.2, -0.15) is 0 Å². The normalized spacial score (nSPS) is 10.7. The predicted octanol–water partition coefficient (Wildman–Crippen LogP) is 3.92. The van der Waals surface area contributed by atoms with E-state index in [2.05, 4.69) is 24.0 Å². The highest BCUT2D eigenvalue weighted by atomic mass is 16.3. The van der Waals surface area contributed by atoms with Crippen LogP contribution in [-0.2, 0) is 0 Å². The van der Waals surface area contributed by atoms with Crippen LogP contribution in [0.3, 0.4) is 0 Å². The van der Waals surface area contributed by atoms with Crippen molar-refractivity contribution in [2.75, 3.05) is 0 Å². The molecule has 3 rings (SSSR count). The van der Waals surface area contributed by atoms with Crippen LogP contribution in [0.15, 0.2) is 54.7 Å². The number of fused-ring (bicyclic) bond motifs is 1. The van der Waals surface area contributed by atoms with Gasteiger partial charge in [-0.05, 0) is 36.2 Å². The van der Waals surface area contributed by atoms with Gasteiger partial charge in [-0.1, -0.05) is 30.3 Å². The number of rotatable bonds is 1. The van der Waals surface area contributed by atoms with E-state index in [1.165, 1.54) is 10.9 Å². The Morgan fingerprint density at radius 3 is 2.50 bits per heavy atom. The molecule has 0 radical (unpaired) electrons. The molecule has 0 saturated carbocycles. The first kappa shape index (κ1) is 10.8. The smallest absolute Gasteiger partial charge is 0.115 e. The molecule has 0 saturated heterocycles. The number of hydrogen-bond acceptors (Lipinski definition) is 2. The fraction of sp³-hybridized carbons (Fsp3) is 0.0625. The Balaban J connectivity index is 2.29. The van der Waals surface area contributed by atoms with Crippen LogP contribution < -0.4 is 0 Å². The number of aryl methyl sites for hydroxylation is 1. The van der Waals surface area contributed by atoms with E-state index in [0.717, 1.165) is 16.6 Å². The zero-order valence-electron chi connectivity index (χ0n) is 10.1. The number of aromatic hydroxyl groups is 1. The molecule has 2 nitrogen and oxygen atoms in total. The summed E-state index contributed by atoms with van der Waals surface area (Å²) in [6, 6.07) is 15.4. The average Bonchev–Trinajstić information content (AvgIpc) is 2.40. The second kappa shape index (κ2) is 4.15. The molecular weight excluding hydrogens is 222 g/mol. The summed E-state index contributed by atoms with van der Waals surface area (Å²) < 4.78 is 0. The fourth-order valence-electron chi connectivity index (χ4n) is 2.19. The van der Waals surface area contributed by atoms with Gasteiger partial charge in [0.25, 0.3) is 0 Å². The van der Waals surface area contributed by atoms with Crippen molar-refractivity contribution in [2.24, 2.45) is 0 Å². The molecule has 1 N–H and O–H groups in total. The van der Waals surface area contributed by atoms with Gasteiger partial charge in [-0.15, -0.1) is 0 Å². The summed E-state index contributed by atoms with van der Waals surface area (Å²) in [5, 5.41) is 10.5. The van der Waals surface area contributed by atoms with Crippen LogP contribution in [0.4, 0.5) is 0 Å². The largest absolute Gasteiger partial charge is 0.508 e. The van der Waals surface area contributed by atoms with Crippen LogP contribution in [-0.4, -0.2) is 10.1 Å². The Labute approximate surface area is 106 Å². The lowest BCUT2D eigenvalue weighted by Gasteiger charge is -2.07. The summed E-state index contributed by atoms with van der Waals surface area (Å²) in [4.78, 5) is 4.48. The number of phenolic OH excluding ortho intramolecular Hbond substituents is 1. The molecule has 18 heavy (non-hydrogen) atoms. The van der Waals surface area contributed by atoms with Gasteiger partial charge in [0.15, 0.2) is 0 Å². The number of benzene rings is 2. The maximum atomic E-state index is 9.35. The lowest BCUT2D eigenvalue weighted by Crippen LogP contribution is -1.86. The number of pyridine rings is 1. The highest BCUT2D eigenvalue weighted by Crippen LogP contribution is 2.29. The van der Waals surface area contributed by atoms with Gasteiger partial charge in [0.2, 0.25) is 0 Å². The van der Waals surface area contributed by atoms with Crippen molar-refractivity contribution < 1.29 is 5.11 Å². The molecule has 0 atom stereocenters. The molecule has 2 heteroatoms. The van der Waals surface area contributed by atoms with E-state index in [4.69, 9.17) is 0 Å². The zero-order valence-corrected chi connectivity index (χ0v) is 10.1. The van der Waals surface area contributed by atoms with Crippen molar-refractivity contribution >= 4 is 10.9 Å². The lowest BCUT2D eigenvalue weighted by atomic mass is 10.00. The first-order valence-electron chi connectivity index (χ1n) is 5.89. The molecule has 3 aromatic rings. The van der Waals surface area contributed by atoms with Gasteiger partial charge < -0.3 is 5.11 Å². The van der Waals surface area contributed by atoms with Crippen molar-refractivity contribution in [3.05, 3.63) is 60.3 Å². The minimum absolute atomic E-state index is 0.281. The van der Waals surface area contributed by atoms with E-state index in [1.54, 1.807) is 12.1 Å². The van der Waals surface area contributed by atoms with Gasteiger partial charge >= 0.3 is 0 Å². The monoisotopic (exact) mass is 235 g/mol. The average molecular weight is 235 g/mol. The van der Waals surface area contributed by atoms with E-state index in [9.17, 15) is 5.11 Å². The first-order valence-corrected chi connectivity index (χ1v) is 5.89. The Bertz CT molecular complexity index is 702. The van der Waals surface area contributed by atoms with Crippen molar-refractivity contribution in [3.8, 4) is 16.9 Å². The highest BCUT2D eigenvalue weighted by Gasteiger charge is 2.06. The molecular formula is C16H13NO. The van der Waals surface area contributed by atoms with E-state index < -0.39 is 0 Å². The van der Waals surface area contributed by atoms with Gasteiger partial charge in [-0.25, -0.2) is 0 Å². The van der Waals surface area contributed by atoms with Gasteiger partial charge in [0.1, 0.15) is 5.75 Å². The number of aromatic nitrogens is 1. The Hall–Kier alpha value is -2.35. The van der Waals surface area contributed by atoms with Crippen LogP contribution in [0, 0.1) is 6.92 Å². The molecule has 88 valence electrons. The molecule has 0 amide bonds. The maximum Gasteiger partial charge on any atom is 0.115 e. The molecule has 2 aromatic carbocycles. The molecule has 0 spiro atoms. The summed E-state index contributed by atoms with van der Waals surface area (Å²) in [7, 11) is 0. The first-order chi connectivity index (χ1) is 8.75. The fourth-order valence-corrected chi connectivity index (χ4v) is 2.19. The molecule has 0 bridgehead atoms. The third-order valence-electron chi connectivity index (χ3n) is 3.17. The summed E-state index contributed by atoms with van der Waals surface area (Å²) in [6.45, 7) is 2.09. The van der Waals surface area contributed by atoms with E-state index in [-0.39, 0.29) is 5.75 Å². The van der Waals surface area contributed by atoms with Crippen molar-refractivity contribution in [1.29, 1.82) is 0 Å². The standard InChI is InChI=1S/C16H13NO/c1-11-9-10-17-16-14(11)3-2-4-15(16)12-5-7-13(18)8-6-12/h2-10,18H,1H3. The Morgan fingerprint density at radius 2 is 1.72 bits per heavy atom. The van der Waals surface area contributed by atoms with Crippen LogP contribution in [0.1, 0.15) is 5.56 Å². The number of hydrogen-bond donors (Lipinski definition) is 1. The van der Waals surface area contributed by atoms with E-state index in [0.29, 0.717) is 0 Å². The molecule has 0 unspecified atom stereocenters. The quantitative estimate of drug-likeness (QED) is 0.693. The highest BCUT2D eigenvalue weighted by molar-refractivity contribution is 5.95. The van der Waals surface area contributed by atoms with Crippen LogP contribution in [0.25, 0.3) is 22.0 Å². The SMILES string of the molecule is Cc1ccnc2c(-c3ccc(O)cc3)cccc12. The van der Waals surface area contributed by atoms with E-state index in [1.807, 2.05) is 30.5 Å². The lowest BCUT2D eigenvalue weighted by molar-refractivity contribution is 0.475. The zero-order chi connectivity index (χ0) is 12.5. The van der Waals surface area contributed by atoms with Crippen LogP contribution in [0.2, 0.25) is 0 Å². The van der Waals surface area contributed by atoms with Gasteiger partial charge in [0.05, 0.1) is 5.52 Å². The minimum atomic E-state index is 0.281. The maximum absolute atomic E-state index is 9.35. The summed E-state index contributed by atoms with van der Waals surface area (Å²) >= 11 is 0. The van der Waals surface area contributed by atoms with Gasteiger partial charge in [-0.3, -0.25) is 4.98 Å². The number of nitrogens with zero attached hydrogens (tertiary/aromatic N) is 1. The van der Waals surface area contributed by atoms with Crippen molar-refractivity contribution in [2.45, 2.75) is 6.92 Å². The van der Waals surface area contributed by atoms with Crippen LogP contribution in [0.5, 0.6) is 5.75 Å². The van der Waals surface area contributed by atoms with Crippen molar-refractivity contribution in [1.82, 2.24) is 4.98 Å². The molecule has 0 aliphatic heterocycles. The third-order valence-corrected chi connectivity index (χ3v) is 3.17. The molecule has 1 heterocycles. The molecule has 0 aliphatic rings. The van der Waals surface area contributed by atoms with Crippen molar-refractivity contribution in [3.63, 3.8) is 0 Å². The topological polar surface area (TPSA) is 33.1 Å². The number of para-hydroxylation sites is 1. The van der Waals surface area contributed by atoms with Crippen LogP contribution >= 0.6 is 0 Å². The number of phenols is 1. The van der Waals surface area contributed by atoms with E-state index >= 15 is 0 Å². The molecule has 0 aliphatic carbocycles. The van der Waals surface area contributed by atoms with Gasteiger partial charge in [0, 0.05) is 17.1 Å². The molecule has 0 fully saturated rings. The predicted molar refractivity (Wildman–Crippen MR) is 73.6 cm³/mol. The minimum Gasteiger partial charge on any atom is -0.508 e. The summed E-state index contributed by atoms with van der Waals surface area (Å²) in [5.74, 6) is 0.281. The Morgan fingerprint density at radius 1 is 0.944 bits per heavy atom.